The second-order valence-electron chi connectivity index (χ2n) is 6.20. The van der Waals surface area contributed by atoms with Gasteiger partial charge in [0, 0.05) is 38.2 Å². The van der Waals surface area contributed by atoms with Crippen molar-refractivity contribution in [3.05, 3.63) is 53.3 Å². The van der Waals surface area contributed by atoms with E-state index in [1.807, 2.05) is 42.2 Å². The predicted molar refractivity (Wildman–Crippen MR) is 88.2 cm³/mol. The second-order valence-corrected chi connectivity index (χ2v) is 6.20. The molecule has 0 N–H and O–H groups in total. The van der Waals surface area contributed by atoms with Crippen LogP contribution in [0, 0.1) is 12.8 Å². The molecule has 6 nitrogen and oxygen atoms in total. The number of nitrogens with zero attached hydrogens (tertiary/aromatic N) is 3. The lowest BCUT2D eigenvalue weighted by Gasteiger charge is -2.16. The second kappa shape index (κ2) is 6.86. The average molecular weight is 327 g/mol. The van der Waals surface area contributed by atoms with Crippen molar-refractivity contribution in [2.45, 2.75) is 19.9 Å². The summed E-state index contributed by atoms with van der Waals surface area (Å²) in [6.45, 7) is 3.30. The molecule has 0 spiro atoms. The van der Waals surface area contributed by atoms with Crippen molar-refractivity contribution in [2.75, 3.05) is 13.2 Å². The zero-order chi connectivity index (χ0) is 17.1. The molecule has 1 aromatic heterocycles. The molecular weight excluding hydrogens is 306 g/mol. The largest absolute Gasteiger partial charge is 0.462 e. The van der Waals surface area contributed by atoms with Crippen LogP contribution in [-0.2, 0) is 23.1 Å². The summed E-state index contributed by atoms with van der Waals surface area (Å²) in [4.78, 5) is 26.1. The first-order chi connectivity index (χ1) is 11.5. The Kier molecular flexibility index (Phi) is 4.64. The van der Waals surface area contributed by atoms with Gasteiger partial charge < -0.3 is 9.64 Å². The van der Waals surface area contributed by atoms with Crippen molar-refractivity contribution < 1.29 is 14.3 Å². The summed E-state index contributed by atoms with van der Waals surface area (Å²) in [5.41, 5.74) is 2.35. The van der Waals surface area contributed by atoms with Crippen LogP contribution in [-0.4, -0.2) is 39.7 Å². The van der Waals surface area contributed by atoms with Crippen LogP contribution in [0.5, 0.6) is 0 Å². The van der Waals surface area contributed by atoms with E-state index in [9.17, 15) is 9.59 Å². The van der Waals surface area contributed by atoms with Crippen LogP contribution in [0.4, 0.5) is 0 Å². The lowest BCUT2D eigenvalue weighted by molar-refractivity contribution is -0.128. The summed E-state index contributed by atoms with van der Waals surface area (Å²) in [5, 5.41) is 4.04. The zero-order valence-electron chi connectivity index (χ0n) is 13.9. The van der Waals surface area contributed by atoms with Crippen LogP contribution in [0.2, 0.25) is 0 Å². The van der Waals surface area contributed by atoms with E-state index in [0.717, 1.165) is 11.3 Å². The van der Waals surface area contributed by atoms with Crippen LogP contribution >= 0.6 is 0 Å². The molecule has 1 aliphatic rings. The van der Waals surface area contributed by atoms with Gasteiger partial charge in [-0.2, -0.15) is 5.10 Å². The van der Waals surface area contributed by atoms with Crippen LogP contribution in [0.25, 0.3) is 0 Å². The summed E-state index contributed by atoms with van der Waals surface area (Å²) >= 11 is 0. The topological polar surface area (TPSA) is 64.4 Å². The maximum atomic E-state index is 12.1. The van der Waals surface area contributed by atoms with Gasteiger partial charge in [0.05, 0.1) is 12.8 Å². The first kappa shape index (κ1) is 16.2. The Bertz CT molecular complexity index is 739. The minimum atomic E-state index is -0.380. The summed E-state index contributed by atoms with van der Waals surface area (Å²) in [5.74, 6) is -0.228. The van der Waals surface area contributed by atoms with E-state index in [1.54, 1.807) is 11.7 Å². The van der Waals surface area contributed by atoms with Crippen molar-refractivity contribution in [2.24, 2.45) is 13.0 Å². The number of likely N-dealkylation sites (tertiary alicyclic amines) is 1. The third kappa shape index (κ3) is 3.48. The number of amides is 1. The number of rotatable bonds is 5. The normalized spacial score (nSPS) is 17.3. The third-order valence-corrected chi connectivity index (χ3v) is 4.42. The Morgan fingerprint density at radius 2 is 2.08 bits per heavy atom. The Balaban J connectivity index is 1.53. The maximum absolute atomic E-state index is 12.1. The molecule has 1 fully saturated rings. The Labute approximate surface area is 141 Å². The lowest BCUT2D eigenvalue weighted by atomic mass is 10.1. The Morgan fingerprint density at radius 3 is 2.75 bits per heavy atom. The van der Waals surface area contributed by atoms with Gasteiger partial charge in [-0.15, -0.1) is 0 Å². The van der Waals surface area contributed by atoms with Crippen molar-refractivity contribution in [3.63, 3.8) is 0 Å². The molecule has 0 bridgehead atoms. The molecule has 6 heteroatoms. The molecule has 0 saturated carbocycles. The highest BCUT2D eigenvalue weighted by atomic mass is 16.5. The molecule has 3 rings (SSSR count). The van der Waals surface area contributed by atoms with E-state index < -0.39 is 0 Å². The van der Waals surface area contributed by atoms with E-state index in [-0.39, 0.29) is 24.4 Å². The first-order valence-electron chi connectivity index (χ1n) is 8.02. The number of esters is 1. The molecule has 0 unspecified atom stereocenters. The van der Waals surface area contributed by atoms with E-state index in [0.29, 0.717) is 25.1 Å². The maximum Gasteiger partial charge on any atom is 0.341 e. The van der Waals surface area contributed by atoms with Gasteiger partial charge in [-0.3, -0.25) is 9.48 Å². The minimum absolute atomic E-state index is 0.0436. The van der Waals surface area contributed by atoms with E-state index in [1.165, 1.54) is 6.20 Å². The first-order valence-corrected chi connectivity index (χ1v) is 8.02. The molecule has 2 heterocycles. The molecule has 1 atom stereocenters. The summed E-state index contributed by atoms with van der Waals surface area (Å²) in [7, 11) is 1.78. The predicted octanol–water partition coefficient (Wildman–Crippen LogP) is 1.93. The average Bonchev–Trinajstić information content (AvgIpc) is 3.09. The van der Waals surface area contributed by atoms with Crippen molar-refractivity contribution in [3.8, 4) is 0 Å². The van der Waals surface area contributed by atoms with Gasteiger partial charge in [0.1, 0.15) is 5.56 Å². The molecule has 2 aromatic rings. The number of hydrogen-bond acceptors (Lipinski definition) is 4. The highest BCUT2D eigenvalue weighted by Gasteiger charge is 2.30. The number of aromatic nitrogens is 2. The van der Waals surface area contributed by atoms with Crippen LogP contribution < -0.4 is 0 Å². The van der Waals surface area contributed by atoms with Gasteiger partial charge >= 0.3 is 5.97 Å². The quantitative estimate of drug-likeness (QED) is 0.787. The number of benzene rings is 1. The van der Waals surface area contributed by atoms with Gasteiger partial charge in [-0.25, -0.2) is 4.79 Å². The molecule has 0 radical (unpaired) electrons. The fourth-order valence-electron chi connectivity index (χ4n) is 2.89. The zero-order valence-corrected chi connectivity index (χ0v) is 13.9. The Hall–Kier alpha value is -2.63. The molecule has 1 saturated heterocycles. The van der Waals surface area contributed by atoms with E-state index >= 15 is 0 Å². The smallest absolute Gasteiger partial charge is 0.341 e. The molecule has 1 aromatic carbocycles. The van der Waals surface area contributed by atoms with Crippen molar-refractivity contribution in [1.82, 2.24) is 14.7 Å². The van der Waals surface area contributed by atoms with E-state index in [4.69, 9.17) is 4.74 Å². The highest BCUT2D eigenvalue weighted by Crippen LogP contribution is 2.21. The molecule has 24 heavy (non-hydrogen) atoms. The number of carbonyl (C=O) groups is 2. The minimum Gasteiger partial charge on any atom is -0.462 e. The molecular formula is C18H21N3O3. The summed E-state index contributed by atoms with van der Waals surface area (Å²) in [6.07, 6.45) is 1.94. The fourth-order valence-corrected chi connectivity index (χ4v) is 2.89. The standard InChI is InChI=1S/C18H21N3O3/c1-13-16(9-19-20(13)2)18(23)24-12-15-8-17(22)21(11-15)10-14-6-4-3-5-7-14/h3-7,9,15H,8,10-12H2,1-2H3/t15-/m1/s1. The van der Waals surface area contributed by atoms with Gasteiger partial charge in [-0.1, -0.05) is 30.3 Å². The SMILES string of the molecule is Cc1c(C(=O)OC[C@@H]2CC(=O)N(Cc3ccccc3)C2)cnn1C. The Morgan fingerprint density at radius 1 is 1.33 bits per heavy atom. The van der Waals surface area contributed by atoms with Crippen LogP contribution in [0.1, 0.15) is 28.0 Å². The summed E-state index contributed by atoms with van der Waals surface area (Å²) in [6, 6.07) is 9.90. The number of carbonyl (C=O) groups excluding carboxylic acids is 2. The molecule has 1 aliphatic heterocycles. The van der Waals surface area contributed by atoms with Gasteiger partial charge in [-0.05, 0) is 12.5 Å². The number of aryl methyl sites for hydroxylation is 1. The summed E-state index contributed by atoms with van der Waals surface area (Å²) < 4.78 is 7.02. The molecule has 0 aliphatic carbocycles. The molecule has 1 amide bonds. The van der Waals surface area contributed by atoms with E-state index in [2.05, 4.69) is 5.10 Å². The van der Waals surface area contributed by atoms with Crippen molar-refractivity contribution >= 4 is 11.9 Å². The number of ether oxygens (including phenoxy) is 1. The number of hydrogen-bond donors (Lipinski definition) is 0. The fraction of sp³-hybridized carbons (Fsp3) is 0.389. The van der Waals surface area contributed by atoms with Gasteiger partial charge in [0.2, 0.25) is 5.91 Å². The third-order valence-electron chi connectivity index (χ3n) is 4.42. The van der Waals surface area contributed by atoms with Gasteiger partial charge in [0.25, 0.3) is 0 Å². The molecule has 126 valence electrons. The highest BCUT2D eigenvalue weighted by molar-refractivity contribution is 5.90. The van der Waals surface area contributed by atoms with Crippen LogP contribution in [0.15, 0.2) is 36.5 Å². The lowest BCUT2D eigenvalue weighted by Crippen LogP contribution is -2.25. The van der Waals surface area contributed by atoms with Crippen LogP contribution in [0.3, 0.4) is 0 Å². The van der Waals surface area contributed by atoms with Crippen molar-refractivity contribution in [1.29, 1.82) is 0 Å². The van der Waals surface area contributed by atoms with Gasteiger partial charge in [0.15, 0.2) is 0 Å². The monoisotopic (exact) mass is 327 g/mol.